The van der Waals surface area contributed by atoms with Gasteiger partial charge in [0.15, 0.2) is 18.1 Å². The summed E-state index contributed by atoms with van der Waals surface area (Å²) in [5.41, 5.74) is 6.99. The van der Waals surface area contributed by atoms with E-state index in [4.69, 9.17) is 15.2 Å². The van der Waals surface area contributed by atoms with Gasteiger partial charge in [-0.05, 0) is 29.1 Å². The van der Waals surface area contributed by atoms with Crippen LogP contribution in [0, 0.1) is 0 Å². The molecule has 2 amide bonds. The van der Waals surface area contributed by atoms with E-state index in [0.29, 0.717) is 30.3 Å². The van der Waals surface area contributed by atoms with Crippen LogP contribution in [0.4, 0.5) is 5.82 Å². The smallest absolute Gasteiger partial charge is 0.255 e. The van der Waals surface area contributed by atoms with Gasteiger partial charge in [0.2, 0.25) is 5.91 Å². The van der Waals surface area contributed by atoms with Crippen molar-refractivity contribution in [3.8, 4) is 11.5 Å². The van der Waals surface area contributed by atoms with Gasteiger partial charge in [0.1, 0.15) is 5.82 Å². The van der Waals surface area contributed by atoms with E-state index in [1.165, 1.54) is 7.11 Å². The van der Waals surface area contributed by atoms with E-state index in [0.717, 1.165) is 16.0 Å². The molecule has 9 heteroatoms. The van der Waals surface area contributed by atoms with Crippen LogP contribution in [0.2, 0.25) is 0 Å². The lowest BCUT2D eigenvalue weighted by Crippen LogP contribution is -2.25. The first-order chi connectivity index (χ1) is 14.0. The van der Waals surface area contributed by atoms with Gasteiger partial charge < -0.3 is 20.5 Å². The summed E-state index contributed by atoms with van der Waals surface area (Å²) in [6, 6.07) is 9.45. The number of thiophene rings is 1. The Morgan fingerprint density at radius 3 is 2.97 bits per heavy atom. The molecule has 2 aromatic heterocycles. The number of nitrogens with zero attached hydrogens (tertiary/aromatic N) is 2. The van der Waals surface area contributed by atoms with E-state index in [-0.39, 0.29) is 18.4 Å². The largest absolute Gasteiger partial charge is 0.493 e. The van der Waals surface area contributed by atoms with Crippen molar-refractivity contribution >= 4 is 29.0 Å². The van der Waals surface area contributed by atoms with E-state index in [1.807, 2.05) is 23.6 Å². The zero-order valence-electron chi connectivity index (χ0n) is 15.8. The Morgan fingerprint density at radius 2 is 2.24 bits per heavy atom. The summed E-state index contributed by atoms with van der Waals surface area (Å²) in [6.07, 6.45) is 2.08. The number of nitrogens with two attached hydrogens (primary N) is 1. The molecule has 3 N–H and O–H groups in total. The van der Waals surface area contributed by atoms with Gasteiger partial charge in [-0.15, -0.1) is 11.3 Å². The molecule has 0 spiro atoms. The Hall–Kier alpha value is -3.33. The van der Waals surface area contributed by atoms with Crippen molar-refractivity contribution < 1.29 is 19.1 Å². The van der Waals surface area contributed by atoms with Gasteiger partial charge >= 0.3 is 0 Å². The van der Waals surface area contributed by atoms with Crippen LogP contribution in [0.5, 0.6) is 11.5 Å². The van der Waals surface area contributed by atoms with Gasteiger partial charge in [-0.3, -0.25) is 9.59 Å². The maximum atomic E-state index is 12.4. The van der Waals surface area contributed by atoms with Crippen molar-refractivity contribution in [3.63, 3.8) is 0 Å². The molecule has 4 rings (SSSR count). The average molecular weight is 412 g/mol. The highest BCUT2D eigenvalue weighted by Gasteiger charge is 2.30. The zero-order chi connectivity index (χ0) is 20.4. The van der Waals surface area contributed by atoms with Crippen LogP contribution >= 0.6 is 11.3 Å². The number of hydrogen-bond acceptors (Lipinski definition) is 6. The van der Waals surface area contributed by atoms with Crippen molar-refractivity contribution in [1.29, 1.82) is 0 Å². The first kappa shape index (κ1) is 19.0. The quantitative estimate of drug-likeness (QED) is 0.619. The third-order valence-electron chi connectivity index (χ3n) is 4.74. The molecule has 3 heterocycles. The number of ether oxygens (including phenoxy) is 2. The molecular weight excluding hydrogens is 392 g/mol. The van der Waals surface area contributed by atoms with Gasteiger partial charge in [0.05, 0.1) is 19.9 Å². The summed E-state index contributed by atoms with van der Waals surface area (Å²) in [5, 5.41) is 9.45. The third-order valence-corrected chi connectivity index (χ3v) is 5.60. The Kier molecular flexibility index (Phi) is 5.22. The molecule has 3 aromatic rings. The molecule has 1 aliphatic heterocycles. The summed E-state index contributed by atoms with van der Waals surface area (Å²) in [5.74, 6) is 0.761. The molecule has 0 saturated carbocycles. The fraction of sp³-hybridized carbons (Fsp3) is 0.250. The highest BCUT2D eigenvalue weighted by molar-refractivity contribution is 7.09. The first-order valence-electron chi connectivity index (χ1n) is 9.02. The minimum atomic E-state index is -0.577. The molecule has 0 aliphatic carbocycles. The van der Waals surface area contributed by atoms with Crippen LogP contribution in [0.1, 0.15) is 28.3 Å². The second-order valence-corrected chi connectivity index (χ2v) is 7.69. The van der Waals surface area contributed by atoms with Crippen molar-refractivity contribution in [3.05, 3.63) is 57.9 Å². The summed E-state index contributed by atoms with van der Waals surface area (Å²) < 4.78 is 12.6. The van der Waals surface area contributed by atoms with Gasteiger partial charge in [-0.25, -0.2) is 4.68 Å². The molecule has 0 radical (unpaired) electrons. The molecule has 8 nitrogen and oxygen atoms in total. The number of carbonyl (C=O) groups excluding carboxylic acids is 2. The third kappa shape index (κ3) is 3.95. The van der Waals surface area contributed by atoms with Crippen molar-refractivity contribution in [2.75, 3.05) is 19.0 Å². The molecular formula is C20H20N4O4S. The number of carbonyl (C=O) groups is 2. The van der Waals surface area contributed by atoms with Gasteiger partial charge in [0, 0.05) is 22.8 Å². The lowest BCUT2D eigenvalue weighted by Gasteiger charge is -2.24. The topological polar surface area (TPSA) is 108 Å². The van der Waals surface area contributed by atoms with Crippen LogP contribution < -0.4 is 20.5 Å². The number of hydrogen-bond donors (Lipinski definition) is 2. The van der Waals surface area contributed by atoms with Crippen molar-refractivity contribution in [1.82, 2.24) is 9.78 Å². The number of rotatable bonds is 7. The lowest BCUT2D eigenvalue weighted by molar-refractivity contribution is -0.120. The van der Waals surface area contributed by atoms with Gasteiger partial charge in [-0.1, -0.05) is 12.1 Å². The molecule has 1 aliphatic rings. The molecule has 0 saturated heterocycles. The molecule has 150 valence electrons. The first-order valence-corrected chi connectivity index (χ1v) is 9.90. The molecule has 29 heavy (non-hydrogen) atoms. The molecule has 1 aromatic carbocycles. The van der Waals surface area contributed by atoms with E-state index < -0.39 is 5.91 Å². The number of amides is 2. The van der Waals surface area contributed by atoms with Crippen LogP contribution in [-0.2, 0) is 16.1 Å². The average Bonchev–Trinajstić information content (AvgIpc) is 3.36. The fourth-order valence-electron chi connectivity index (χ4n) is 3.41. The number of anilines is 1. The predicted octanol–water partition coefficient (Wildman–Crippen LogP) is 2.34. The Morgan fingerprint density at radius 1 is 1.38 bits per heavy atom. The summed E-state index contributed by atoms with van der Waals surface area (Å²) in [7, 11) is 1.52. The Labute approximate surface area is 171 Å². The number of fused-ring (bicyclic) bond motifs is 1. The van der Waals surface area contributed by atoms with Gasteiger partial charge in [-0.2, -0.15) is 5.10 Å². The SMILES string of the molecule is COc1ccc([C@@H]2CC(=O)Nc3c2cnn3Cc2cccs2)cc1OCC(N)=O. The Balaban J connectivity index is 1.68. The number of benzene rings is 1. The minimum absolute atomic E-state index is 0.0779. The van der Waals surface area contributed by atoms with Crippen molar-refractivity contribution in [2.24, 2.45) is 5.73 Å². The van der Waals surface area contributed by atoms with E-state index in [1.54, 1.807) is 34.3 Å². The highest BCUT2D eigenvalue weighted by atomic mass is 32.1. The summed E-state index contributed by atoms with van der Waals surface area (Å²) >= 11 is 1.64. The number of aromatic nitrogens is 2. The Bertz CT molecular complexity index is 1040. The van der Waals surface area contributed by atoms with E-state index >= 15 is 0 Å². The second-order valence-electron chi connectivity index (χ2n) is 6.66. The minimum Gasteiger partial charge on any atom is -0.493 e. The molecule has 0 bridgehead atoms. The molecule has 0 fully saturated rings. The van der Waals surface area contributed by atoms with Crippen LogP contribution in [0.25, 0.3) is 0 Å². The van der Waals surface area contributed by atoms with Gasteiger partial charge in [0.25, 0.3) is 5.91 Å². The summed E-state index contributed by atoms with van der Waals surface area (Å²) in [4.78, 5) is 24.7. The van der Waals surface area contributed by atoms with Crippen LogP contribution in [0.15, 0.2) is 41.9 Å². The standard InChI is InChI=1S/C20H20N4O4S/c1-27-16-5-4-12(7-17(16)28-11-18(21)25)14-8-19(26)23-20-15(14)9-22-24(20)10-13-3-2-6-29-13/h2-7,9,14H,8,10-11H2,1H3,(H2,21,25)(H,23,26)/t14-/m0/s1. The van der Waals surface area contributed by atoms with Crippen LogP contribution in [-0.4, -0.2) is 35.3 Å². The number of nitrogens with one attached hydrogen (secondary N) is 1. The molecule has 1 atom stereocenters. The zero-order valence-corrected chi connectivity index (χ0v) is 16.6. The number of methoxy groups -OCH3 is 1. The highest BCUT2D eigenvalue weighted by Crippen LogP contribution is 2.40. The predicted molar refractivity (Wildman–Crippen MR) is 108 cm³/mol. The lowest BCUT2D eigenvalue weighted by atomic mass is 9.87. The number of primary amides is 1. The monoisotopic (exact) mass is 412 g/mol. The van der Waals surface area contributed by atoms with E-state index in [2.05, 4.69) is 10.4 Å². The van der Waals surface area contributed by atoms with E-state index in [9.17, 15) is 9.59 Å². The second kappa shape index (κ2) is 7.96. The van der Waals surface area contributed by atoms with Crippen LogP contribution in [0.3, 0.4) is 0 Å². The fourth-order valence-corrected chi connectivity index (χ4v) is 4.09. The maximum Gasteiger partial charge on any atom is 0.255 e. The maximum absolute atomic E-state index is 12.4. The summed E-state index contributed by atoms with van der Waals surface area (Å²) in [6.45, 7) is 0.338. The normalized spacial score (nSPS) is 15.5. The molecule has 0 unspecified atom stereocenters. The van der Waals surface area contributed by atoms with Crippen molar-refractivity contribution in [2.45, 2.75) is 18.9 Å².